The molecule has 0 saturated heterocycles. The number of aliphatic hydroxyl groups is 2. The molecule has 1 aliphatic rings. The summed E-state index contributed by atoms with van der Waals surface area (Å²) in [4.78, 5) is 11.4. The van der Waals surface area contributed by atoms with Crippen molar-refractivity contribution in [3.63, 3.8) is 0 Å². The van der Waals surface area contributed by atoms with Gasteiger partial charge >= 0.3 is 5.97 Å². The molecule has 1 rings (SSSR count). The quantitative estimate of drug-likeness (QED) is 0.754. The minimum atomic E-state index is -0.742. The molecule has 0 spiro atoms. The average Bonchev–Trinajstić information content (AvgIpc) is 2.32. The highest BCUT2D eigenvalue weighted by Gasteiger charge is 2.42. The second-order valence-electron chi connectivity index (χ2n) is 5.93. The molecule has 5 atom stereocenters. The highest BCUT2D eigenvalue weighted by Crippen LogP contribution is 2.41. The summed E-state index contributed by atoms with van der Waals surface area (Å²) in [5.41, 5.74) is -0.742. The summed E-state index contributed by atoms with van der Waals surface area (Å²) in [5.74, 6) is -0.261. The first-order valence-electron chi connectivity index (χ1n) is 6.78. The minimum Gasteiger partial charge on any atom is -0.469 e. The van der Waals surface area contributed by atoms with Gasteiger partial charge in [-0.15, -0.1) is 0 Å². The Bertz CT molecular complexity index is 288. The van der Waals surface area contributed by atoms with Crippen molar-refractivity contribution in [3.8, 4) is 0 Å². The van der Waals surface area contributed by atoms with Crippen LogP contribution in [0.5, 0.6) is 0 Å². The van der Waals surface area contributed by atoms with E-state index in [0.717, 1.165) is 6.42 Å². The number of aliphatic hydroxyl groups excluding tert-OH is 1. The number of hydrogen-bond donors (Lipinski definition) is 2. The Morgan fingerprint density at radius 2 is 2.17 bits per heavy atom. The molecular formula is C14H26O4. The summed E-state index contributed by atoms with van der Waals surface area (Å²) < 4.78 is 4.70. The zero-order chi connectivity index (χ0) is 13.9. The van der Waals surface area contributed by atoms with Gasteiger partial charge in [-0.3, -0.25) is 4.79 Å². The Morgan fingerprint density at radius 1 is 1.56 bits per heavy atom. The predicted octanol–water partition coefficient (Wildman–Crippen LogP) is 1.73. The molecule has 0 unspecified atom stereocenters. The van der Waals surface area contributed by atoms with E-state index in [0.29, 0.717) is 19.3 Å². The van der Waals surface area contributed by atoms with E-state index >= 15 is 0 Å². The van der Waals surface area contributed by atoms with Crippen LogP contribution in [0.1, 0.15) is 46.5 Å². The molecule has 1 aliphatic carbocycles. The largest absolute Gasteiger partial charge is 0.469 e. The molecule has 18 heavy (non-hydrogen) atoms. The third kappa shape index (κ3) is 3.45. The molecule has 2 N–H and O–H groups in total. The summed E-state index contributed by atoms with van der Waals surface area (Å²) in [7, 11) is 1.39. The van der Waals surface area contributed by atoms with Crippen LogP contribution in [0, 0.1) is 17.8 Å². The average molecular weight is 258 g/mol. The van der Waals surface area contributed by atoms with Crippen molar-refractivity contribution in [2.75, 3.05) is 7.11 Å². The summed E-state index contributed by atoms with van der Waals surface area (Å²) in [5, 5.41) is 20.3. The van der Waals surface area contributed by atoms with Crippen molar-refractivity contribution in [3.05, 3.63) is 0 Å². The molecule has 0 aromatic heterocycles. The Kier molecular flexibility index (Phi) is 5.17. The van der Waals surface area contributed by atoms with E-state index < -0.39 is 5.60 Å². The number of methoxy groups -OCH3 is 1. The number of hydrogen-bond acceptors (Lipinski definition) is 4. The van der Waals surface area contributed by atoms with Crippen molar-refractivity contribution < 1.29 is 19.7 Å². The lowest BCUT2D eigenvalue weighted by atomic mass is 9.67. The molecule has 1 saturated carbocycles. The third-order valence-corrected chi connectivity index (χ3v) is 4.50. The molecule has 0 heterocycles. The first-order valence-corrected chi connectivity index (χ1v) is 6.78. The second kappa shape index (κ2) is 6.02. The van der Waals surface area contributed by atoms with E-state index in [1.165, 1.54) is 7.11 Å². The first kappa shape index (κ1) is 15.4. The van der Waals surface area contributed by atoms with Crippen LogP contribution < -0.4 is 0 Å². The van der Waals surface area contributed by atoms with E-state index in [4.69, 9.17) is 4.74 Å². The van der Waals surface area contributed by atoms with Crippen molar-refractivity contribution in [1.82, 2.24) is 0 Å². The highest BCUT2D eigenvalue weighted by molar-refractivity contribution is 5.71. The molecule has 1 fully saturated rings. The van der Waals surface area contributed by atoms with Crippen LogP contribution in [-0.2, 0) is 9.53 Å². The summed E-state index contributed by atoms with van der Waals surface area (Å²) >= 11 is 0. The van der Waals surface area contributed by atoms with Crippen LogP contribution in [0.2, 0.25) is 0 Å². The van der Waals surface area contributed by atoms with Crippen molar-refractivity contribution in [1.29, 1.82) is 0 Å². The molecule has 0 aliphatic heterocycles. The number of ether oxygens (including phenoxy) is 1. The van der Waals surface area contributed by atoms with E-state index in [2.05, 4.69) is 0 Å². The second-order valence-corrected chi connectivity index (χ2v) is 5.93. The van der Waals surface area contributed by atoms with E-state index in [-0.39, 0.29) is 29.8 Å². The van der Waals surface area contributed by atoms with E-state index in [1.54, 1.807) is 0 Å². The van der Waals surface area contributed by atoms with Gasteiger partial charge in [-0.2, -0.15) is 0 Å². The van der Waals surface area contributed by atoms with Gasteiger partial charge in [0.15, 0.2) is 0 Å². The maximum Gasteiger partial charge on any atom is 0.308 e. The van der Waals surface area contributed by atoms with Crippen molar-refractivity contribution in [2.45, 2.75) is 58.2 Å². The van der Waals surface area contributed by atoms with Gasteiger partial charge in [-0.05, 0) is 44.4 Å². The molecule has 0 radical (unpaired) electrons. The minimum absolute atomic E-state index is 0.0355. The van der Waals surface area contributed by atoms with Crippen LogP contribution in [0.15, 0.2) is 0 Å². The van der Waals surface area contributed by atoms with Crippen molar-refractivity contribution in [2.24, 2.45) is 17.8 Å². The van der Waals surface area contributed by atoms with Crippen LogP contribution in [0.4, 0.5) is 0 Å². The summed E-state index contributed by atoms with van der Waals surface area (Å²) in [6.45, 7) is 5.65. The lowest BCUT2D eigenvalue weighted by molar-refractivity contribution is -0.146. The van der Waals surface area contributed by atoms with E-state index in [9.17, 15) is 15.0 Å². The van der Waals surface area contributed by atoms with Crippen LogP contribution in [0.3, 0.4) is 0 Å². The topological polar surface area (TPSA) is 66.8 Å². The van der Waals surface area contributed by atoms with Gasteiger partial charge in [-0.1, -0.05) is 13.8 Å². The molecule has 106 valence electrons. The lowest BCUT2D eigenvalue weighted by Crippen LogP contribution is -2.47. The molecule has 0 amide bonds. The van der Waals surface area contributed by atoms with Gasteiger partial charge < -0.3 is 14.9 Å². The fourth-order valence-electron chi connectivity index (χ4n) is 3.05. The van der Waals surface area contributed by atoms with Crippen LogP contribution in [-0.4, -0.2) is 35.0 Å². The molecule has 4 nitrogen and oxygen atoms in total. The number of carbonyl (C=O) groups excluding carboxylic acids is 1. The SMILES string of the molecule is COC(=O)[C@H](C)CC[C@H]1[C@H](C)[C@@H](O)CC[C@]1(C)O. The van der Waals surface area contributed by atoms with Crippen molar-refractivity contribution >= 4 is 5.97 Å². The van der Waals surface area contributed by atoms with Gasteiger partial charge in [0.2, 0.25) is 0 Å². The number of rotatable bonds is 4. The van der Waals surface area contributed by atoms with Crippen LogP contribution in [0.25, 0.3) is 0 Å². The number of carbonyl (C=O) groups is 1. The highest BCUT2D eigenvalue weighted by atomic mass is 16.5. The zero-order valence-electron chi connectivity index (χ0n) is 11.8. The zero-order valence-corrected chi connectivity index (χ0v) is 11.8. The Hall–Kier alpha value is -0.610. The molecule has 0 bridgehead atoms. The smallest absolute Gasteiger partial charge is 0.308 e. The maximum atomic E-state index is 11.4. The van der Waals surface area contributed by atoms with Gasteiger partial charge in [0.05, 0.1) is 24.7 Å². The Balaban J connectivity index is 2.59. The van der Waals surface area contributed by atoms with Gasteiger partial charge in [0.1, 0.15) is 0 Å². The first-order chi connectivity index (χ1) is 8.29. The normalized spacial score (nSPS) is 38.2. The predicted molar refractivity (Wildman–Crippen MR) is 68.9 cm³/mol. The monoisotopic (exact) mass is 258 g/mol. The summed E-state index contributed by atoms with van der Waals surface area (Å²) in [6, 6.07) is 0. The fraction of sp³-hybridized carbons (Fsp3) is 0.929. The molecular weight excluding hydrogens is 232 g/mol. The third-order valence-electron chi connectivity index (χ3n) is 4.50. The standard InChI is InChI=1S/C14H26O4/c1-9(13(16)18-4)5-6-11-10(2)12(15)7-8-14(11,3)17/h9-12,15,17H,5-8H2,1-4H3/t9-,10+,11+,12+,14+/m1/s1. The number of esters is 1. The molecule has 0 aromatic carbocycles. The van der Waals surface area contributed by atoms with Gasteiger partial charge in [-0.25, -0.2) is 0 Å². The fourth-order valence-corrected chi connectivity index (χ4v) is 3.05. The molecule has 0 aromatic rings. The lowest BCUT2D eigenvalue weighted by Gasteiger charge is -2.44. The Morgan fingerprint density at radius 3 is 2.72 bits per heavy atom. The van der Waals surface area contributed by atoms with Crippen LogP contribution >= 0.6 is 0 Å². The Labute approximate surface area is 109 Å². The molecule has 4 heteroatoms. The van der Waals surface area contributed by atoms with E-state index in [1.807, 2.05) is 20.8 Å². The maximum absolute atomic E-state index is 11.4. The van der Waals surface area contributed by atoms with Gasteiger partial charge in [0, 0.05) is 0 Å². The van der Waals surface area contributed by atoms with Gasteiger partial charge in [0.25, 0.3) is 0 Å². The summed E-state index contributed by atoms with van der Waals surface area (Å²) in [6.07, 6.45) is 2.35.